The Morgan fingerprint density at radius 1 is 1.13 bits per heavy atom. The predicted octanol–water partition coefficient (Wildman–Crippen LogP) is 3.16. The number of nitrogens with two attached hydrogens (primary N) is 1. The number of fused-ring (bicyclic) bond motifs is 1. The molecule has 1 unspecified atom stereocenters. The first-order chi connectivity index (χ1) is 11.1. The Bertz CT molecular complexity index is 715. The lowest BCUT2D eigenvalue weighted by molar-refractivity contribution is 0.262. The summed E-state index contributed by atoms with van der Waals surface area (Å²) >= 11 is 0. The number of anilines is 2. The van der Waals surface area contributed by atoms with Gasteiger partial charge in [0.15, 0.2) is 0 Å². The standard InChI is InChI=1S/C18H21N3O2/c1-23-17-4-2-3-15(11-17)20-18(22)21-16-8-6-12-9-14(19)7-5-13(12)10-16/h2-4,6,8,10-11,14H,5,7,9,19H2,1H3,(H2,20,21,22). The van der Waals surface area contributed by atoms with E-state index >= 15 is 0 Å². The molecule has 0 aliphatic heterocycles. The van der Waals surface area contributed by atoms with E-state index in [-0.39, 0.29) is 12.1 Å². The number of ether oxygens (including phenoxy) is 1. The molecule has 23 heavy (non-hydrogen) atoms. The van der Waals surface area contributed by atoms with Crippen molar-refractivity contribution in [2.24, 2.45) is 5.73 Å². The fourth-order valence-corrected chi connectivity index (χ4v) is 2.86. The van der Waals surface area contributed by atoms with E-state index in [0.29, 0.717) is 11.4 Å². The predicted molar refractivity (Wildman–Crippen MR) is 92.1 cm³/mol. The van der Waals surface area contributed by atoms with Crippen molar-refractivity contribution in [2.75, 3.05) is 17.7 Å². The van der Waals surface area contributed by atoms with E-state index in [2.05, 4.69) is 16.7 Å². The van der Waals surface area contributed by atoms with Gasteiger partial charge in [0.2, 0.25) is 0 Å². The third-order valence-electron chi connectivity index (χ3n) is 4.06. The van der Waals surface area contributed by atoms with Gasteiger partial charge in [-0.25, -0.2) is 4.79 Å². The summed E-state index contributed by atoms with van der Waals surface area (Å²) < 4.78 is 5.14. The van der Waals surface area contributed by atoms with Crippen LogP contribution < -0.4 is 21.1 Å². The molecule has 2 aromatic carbocycles. The topological polar surface area (TPSA) is 76.4 Å². The molecule has 3 rings (SSSR count). The number of carbonyl (C=O) groups is 1. The van der Waals surface area contributed by atoms with E-state index in [9.17, 15) is 4.79 Å². The highest BCUT2D eigenvalue weighted by atomic mass is 16.5. The molecule has 5 nitrogen and oxygen atoms in total. The molecule has 0 saturated carbocycles. The number of nitrogens with one attached hydrogen (secondary N) is 2. The summed E-state index contributed by atoms with van der Waals surface area (Å²) in [6.45, 7) is 0. The molecule has 4 N–H and O–H groups in total. The van der Waals surface area contributed by atoms with Crippen molar-refractivity contribution in [3.8, 4) is 5.75 Å². The number of aryl methyl sites for hydroxylation is 1. The number of hydrogen-bond acceptors (Lipinski definition) is 3. The van der Waals surface area contributed by atoms with Crippen LogP contribution in [0.2, 0.25) is 0 Å². The quantitative estimate of drug-likeness (QED) is 0.815. The molecule has 0 heterocycles. The summed E-state index contributed by atoms with van der Waals surface area (Å²) in [5.41, 5.74) is 10.0. The van der Waals surface area contributed by atoms with Crippen molar-refractivity contribution < 1.29 is 9.53 Å². The maximum atomic E-state index is 12.1. The Hall–Kier alpha value is -2.53. The molecule has 0 radical (unpaired) electrons. The van der Waals surface area contributed by atoms with E-state index in [0.717, 1.165) is 24.9 Å². The molecule has 0 saturated heterocycles. The van der Waals surface area contributed by atoms with Crippen molar-refractivity contribution in [3.05, 3.63) is 53.6 Å². The molecule has 120 valence electrons. The summed E-state index contributed by atoms with van der Waals surface area (Å²) in [4.78, 5) is 12.1. The Morgan fingerprint density at radius 2 is 1.91 bits per heavy atom. The summed E-state index contributed by atoms with van der Waals surface area (Å²) in [7, 11) is 1.60. The highest BCUT2D eigenvalue weighted by Gasteiger charge is 2.16. The van der Waals surface area contributed by atoms with Gasteiger partial charge in [0, 0.05) is 23.5 Å². The lowest BCUT2D eigenvalue weighted by Crippen LogP contribution is -2.28. The third kappa shape index (κ3) is 3.81. The van der Waals surface area contributed by atoms with Crippen molar-refractivity contribution >= 4 is 17.4 Å². The third-order valence-corrected chi connectivity index (χ3v) is 4.06. The smallest absolute Gasteiger partial charge is 0.323 e. The van der Waals surface area contributed by atoms with Crippen LogP contribution in [0.15, 0.2) is 42.5 Å². The molecule has 5 heteroatoms. The van der Waals surface area contributed by atoms with Gasteiger partial charge in [-0.3, -0.25) is 0 Å². The molecular formula is C18H21N3O2. The number of rotatable bonds is 3. The number of hydrogen-bond donors (Lipinski definition) is 3. The summed E-state index contributed by atoms with van der Waals surface area (Å²) in [5, 5.41) is 5.67. The van der Waals surface area contributed by atoms with Gasteiger partial charge >= 0.3 is 6.03 Å². The van der Waals surface area contributed by atoms with Crippen molar-refractivity contribution in [1.29, 1.82) is 0 Å². The SMILES string of the molecule is COc1cccc(NC(=O)Nc2ccc3c(c2)CCC(N)C3)c1. The minimum Gasteiger partial charge on any atom is -0.497 e. The van der Waals surface area contributed by atoms with Crippen LogP contribution in [0.4, 0.5) is 16.2 Å². The molecule has 1 atom stereocenters. The zero-order chi connectivity index (χ0) is 16.2. The number of amides is 2. The molecular weight excluding hydrogens is 290 g/mol. The van der Waals surface area contributed by atoms with Crippen molar-refractivity contribution in [1.82, 2.24) is 0 Å². The van der Waals surface area contributed by atoms with E-state index in [1.807, 2.05) is 30.3 Å². The summed E-state index contributed by atoms with van der Waals surface area (Å²) in [6, 6.07) is 13.2. The first kappa shape index (κ1) is 15.4. The second-order valence-electron chi connectivity index (χ2n) is 5.80. The maximum Gasteiger partial charge on any atom is 0.323 e. The van der Waals surface area contributed by atoms with Crippen molar-refractivity contribution in [3.63, 3.8) is 0 Å². The van der Waals surface area contributed by atoms with Gasteiger partial charge < -0.3 is 21.1 Å². The lowest BCUT2D eigenvalue weighted by Gasteiger charge is -2.22. The largest absolute Gasteiger partial charge is 0.497 e. The molecule has 1 aliphatic carbocycles. The fourth-order valence-electron chi connectivity index (χ4n) is 2.86. The molecule has 0 spiro atoms. The second kappa shape index (κ2) is 6.71. The van der Waals surface area contributed by atoms with Crippen LogP contribution in [0.3, 0.4) is 0 Å². The van der Waals surface area contributed by atoms with Crippen LogP contribution in [0.5, 0.6) is 5.75 Å². The highest BCUT2D eigenvalue weighted by molar-refractivity contribution is 5.99. The van der Waals surface area contributed by atoms with Gasteiger partial charge in [-0.2, -0.15) is 0 Å². The zero-order valence-electron chi connectivity index (χ0n) is 13.1. The fraction of sp³-hybridized carbons (Fsp3) is 0.278. The van der Waals surface area contributed by atoms with Crippen LogP contribution in [-0.2, 0) is 12.8 Å². The van der Waals surface area contributed by atoms with Gasteiger partial charge in [-0.1, -0.05) is 12.1 Å². The van der Waals surface area contributed by atoms with Gasteiger partial charge in [0.05, 0.1) is 7.11 Å². The zero-order valence-corrected chi connectivity index (χ0v) is 13.1. The molecule has 0 aromatic heterocycles. The first-order valence-corrected chi connectivity index (χ1v) is 7.73. The van der Waals surface area contributed by atoms with Gasteiger partial charge in [-0.05, 0) is 54.7 Å². The van der Waals surface area contributed by atoms with Gasteiger partial charge in [-0.15, -0.1) is 0 Å². The van der Waals surface area contributed by atoms with Crippen molar-refractivity contribution in [2.45, 2.75) is 25.3 Å². The van der Waals surface area contributed by atoms with Crippen LogP contribution in [0.1, 0.15) is 17.5 Å². The lowest BCUT2D eigenvalue weighted by atomic mass is 9.88. The molecule has 0 bridgehead atoms. The monoisotopic (exact) mass is 311 g/mol. The normalized spacial score (nSPS) is 16.3. The molecule has 2 aromatic rings. The van der Waals surface area contributed by atoms with E-state index < -0.39 is 0 Å². The van der Waals surface area contributed by atoms with Gasteiger partial charge in [0.25, 0.3) is 0 Å². The maximum absolute atomic E-state index is 12.1. The van der Waals surface area contributed by atoms with Crippen LogP contribution >= 0.6 is 0 Å². The summed E-state index contributed by atoms with van der Waals surface area (Å²) in [5.74, 6) is 0.702. The molecule has 1 aliphatic rings. The Balaban J connectivity index is 1.66. The summed E-state index contributed by atoms with van der Waals surface area (Å²) in [6.07, 6.45) is 2.86. The average Bonchev–Trinajstić information content (AvgIpc) is 2.55. The minimum absolute atomic E-state index is 0.248. The van der Waals surface area contributed by atoms with Crippen LogP contribution in [0, 0.1) is 0 Å². The van der Waals surface area contributed by atoms with Gasteiger partial charge in [0.1, 0.15) is 5.75 Å². The second-order valence-corrected chi connectivity index (χ2v) is 5.80. The average molecular weight is 311 g/mol. The molecule has 2 amide bonds. The Morgan fingerprint density at radius 3 is 2.70 bits per heavy atom. The number of urea groups is 1. The van der Waals surface area contributed by atoms with E-state index in [1.54, 1.807) is 13.2 Å². The van der Waals surface area contributed by atoms with E-state index in [4.69, 9.17) is 10.5 Å². The first-order valence-electron chi connectivity index (χ1n) is 7.73. The Labute approximate surface area is 135 Å². The van der Waals surface area contributed by atoms with E-state index in [1.165, 1.54) is 11.1 Å². The minimum atomic E-state index is -0.272. The number of carbonyl (C=O) groups excluding carboxylic acids is 1. The molecule has 0 fully saturated rings. The van der Waals surface area contributed by atoms with Crippen LogP contribution in [-0.4, -0.2) is 19.2 Å². The Kier molecular flexibility index (Phi) is 4.48. The number of benzene rings is 2. The highest BCUT2D eigenvalue weighted by Crippen LogP contribution is 2.24. The van der Waals surface area contributed by atoms with Crippen LogP contribution in [0.25, 0.3) is 0 Å². The number of methoxy groups -OCH3 is 1.